The van der Waals surface area contributed by atoms with E-state index < -0.39 is 23.4 Å². The average Bonchev–Trinajstić information content (AvgIpc) is 2.71. The molecule has 0 radical (unpaired) electrons. The molecule has 0 unspecified atom stereocenters. The molecule has 32 heavy (non-hydrogen) atoms. The first-order valence-corrected chi connectivity index (χ1v) is 10.6. The van der Waals surface area contributed by atoms with Crippen molar-refractivity contribution in [3.8, 4) is 0 Å². The van der Waals surface area contributed by atoms with Crippen LogP contribution in [0.2, 0.25) is 0 Å². The zero-order valence-electron chi connectivity index (χ0n) is 18.9. The number of carbonyl (C=O) groups excluding carboxylic acids is 1. The lowest BCUT2D eigenvalue weighted by atomic mass is 9.82. The molecule has 8 heteroatoms. The lowest BCUT2D eigenvalue weighted by molar-refractivity contribution is -0.202. The predicted molar refractivity (Wildman–Crippen MR) is 119 cm³/mol. The monoisotopic (exact) mass is 443 g/mol. The first-order chi connectivity index (χ1) is 15.1. The number of carbonyl (C=O) groups is 2. The van der Waals surface area contributed by atoms with Crippen LogP contribution in [0.25, 0.3) is 0 Å². The number of carboxylic acid groups (broad SMARTS) is 1. The highest BCUT2D eigenvalue weighted by Gasteiger charge is 2.46. The van der Waals surface area contributed by atoms with E-state index in [1.54, 1.807) is 20.0 Å². The van der Waals surface area contributed by atoms with Crippen molar-refractivity contribution in [2.24, 2.45) is 0 Å². The van der Waals surface area contributed by atoms with E-state index in [0.29, 0.717) is 30.8 Å². The Morgan fingerprint density at radius 2 is 1.94 bits per heavy atom. The van der Waals surface area contributed by atoms with Gasteiger partial charge in [-0.1, -0.05) is 29.8 Å². The van der Waals surface area contributed by atoms with Crippen LogP contribution < -0.4 is 5.32 Å². The SMILES string of the molecule is Cc1ccc(CN(C)C(=O)ON2CCNC[C@]2(CC(=O)O)c2ccc(F)cc2C)c(C)c1. The van der Waals surface area contributed by atoms with Gasteiger partial charge in [0.2, 0.25) is 0 Å². The number of rotatable bonds is 6. The number of hydrogen-bond acceptors (Lipinski definition) is 5. The molecule has 1 saturated heterocycles. The maximum Gasteiger partial charge on any atom is 0.429 e. The van der Waals surface area contributed by atoms with Gasteiger partial charge in [-0.15, -0.1) is 5.06 Å². The largest absolute Gasteiger partial charge is 0.481 e. The molecule has 2 N–H and O–H groups in total. The summed E-state index contributed by atoms with van der Waals surface area (Å²) in [4.78, 5) is 32.0. The van der Waals surface area contributed by atoms with Crippen molar-refractivity contribution in [3.63, 3.8) is 0 Å². The minimum absolute atomic E-state index is 0.250. The third kappa shape index (κ3) is 5.08. The Hall–Kier alpha value is -2.97. The standard InChI is InChI=1S/C24H30FN3O4/c1-16-5-6-19(17(2)11-16)14-27(4)23(31)32-28-10-9-26-15-24(28,13-22(29)30)21-8-7-20(25)12-18(21)3/h5-8,11-12,26H,9-10,13-15H2,1-4H3,(H,29,30)/t24-/m1/s1. The molecule has 3 rings (SSSR count). The molecule has 1 aliphatic rings. The third-order valence-electron chi connectivity index (χ3n) is 5.93. The molecule has 1 heterocycles. The summed E-state index contributed by atoms with van der Waals surface area (Å²) in [7, 11) is 1.64. The maximum absolute atomic E-state index is 13.7. The summed E-state index contributed by atoms with van der Waals surface area (Å²) in [6.45, 7) is 7.16. The summed E-state index contributed by atoms with van der Waals surface area (Å²) in [5.74, 6) is -1.45. The lowest BCUT2D eigenvalue weighted by Gasteiger charge is -2.46. The quantitative estimate of drug-likeness (QED) is 0.711. The van der Waals surface area contributed by atoms with Gasteiger partial charge in [0.1, 0.15) is 11.4 Å². The van der Waals surface area contributed by atoms with Crippen LogP contribution in [0, 0.1) is 26.6 Å². The molecule has 0 saturated carbocycles. The molecular weight excluding hydrogens is 413 g/mol. The highest BCUT2D eigenvalue weighted by molar-refractivity contribution is 5.70. The number of hydroxylamine groups is 2. The second-order valence-electron chi connectivity index (χ2n) is 8.48. The third-order valence-corrected chi connectivity index (χ3v) is 5.93. The van der Waals surface area contributed by atoms with Gasteiger partial charge in [-0.3, -0.25) is 4.79 Å². The van der Waals surface area contributed by atoms with Crippen molar-refractivity contribution >= 4 is 12.1 Å². The van der Waals surface area contributed by atoms with Gasteiger partial charge in [0, 0.05) is 33.2 Å². The number of amides is 1. The molecule has 1 aliphatic heterocycles. The van der Waals surface area contributed by atoms with E-state index >= 15 is 0 Å². The molecule has 172 valence electrons. The van der Waals surface area contributed by atoms with Gasteiger partial charge in [0.05, 0.1) is 6.42 Å². The Morgan fingerprint density at radius 3 is 2.59 bits per heavy atom. The van der Waals surface area contributed by atoms with Crippen molar-refractivity contribution in [2.75, 3.05) is 26.7 Å². The van der Waals surface area contributed by atoms with E-state index in [0.717, 1.165) is 16.7 Å². The summed E-state index contributed by atoms with van der Waals surface area (Å²) in [6.07, 6.45) is -0.887. The van der Waals surface area contributed by atoms with E-state index in [1.165, 1.54) is 22.1 Å². The summed E-state index contributed by atoms with van der Waals surface area (Å²) < 4.78 is 13.7. The molecular formula is C24H30FN3O4. The van der Waals surface area contributed by atoms with E-state index in [-0.39, 0.29) is 13.0 Å². The topological polar surface area (TPSA) is 82.1 Å². The second-order valence-corrected chi connectivity index (χ2v) is 8.48. The number of benzene rings is 2. The molecule has 0 spiro atoms. The van der Waals surface area contributed by atoms with Gasteiger partial charge >= 0.3 is 12.1 Å². The van der Waals surface area contributed by atoms with Crippen LogP contribution in [0.3, 0.4) is 0 Å². The predicted octanol–water partition coefficient (Wildman–Crippen LogP) is 3.51. The van der Waals surface area contributed by atoms with Gasteiger partial charge in [0.25, 0.3) is 0 Å². The molecule has 0 aromatic heterocycles. The molecule has 2 aromatic rings. The summed E-state index contributed by atoms with van der Waals surface area (Å²) in [5.41, 5.74) is 3.27. The Morgan fingerprint density at radius 1 is 1.19 bits per heavy atom. The van der Waals surface area contributed by atoms with E-state index in [1.807, 2.05) is 26.0 Å². The van der Waals surface area contributed by atoms with E-state index in [2.05, 4.69) is 11.4 Å². The number of piperazine rings is 1. The van der Waals surface area contributed by atoms with Gasteiger partial charge in [-0.05, 0) is 55.2 Å². The summed E-state index contributed by atoms with van der Waals surface area (Å²) in [5, 5.41) is 14.3. The van der Waals surface area contributed by atoms with Gasteiger partial charge in [0.15, 0.2) is 0 Å². The van der Waals surface area contributed by atoms with Gasteiger partial charge in [-0.2, -0.15) is 0 Å². The van der Waals surface area contributed by atoms with Gasteiger partial charge < -0.3 is 20.2 Å². The molecule has 1 atom stereocenters. The number of halogens is 1. The van der Waals surface area contributed by atoms with Crippen LogP contribution in [0.1, 0.15) is 34.2 Å². The van der Waals surface area contributed by atoms with Crippen molar-refractivity contribution in [2.45, 2.75) is 39.3 Å². The fourth-order valence-electron chi connectivity index (χ4n) is 4.29. The Labute approximate surface area is 187 Å². The number of hydrogen-bond donors (Lipinski definition) is 2. The molecule has 0 aliphatic carbocycles. The highest BCUT2D eigenvalue weighted by Crippen LogP contribution is 2.36. The van der Waals surface area contributed by atoms with Crippen LogP contribution in [0.4, 0.5) is 9.18 Å². The Balaban J connectivity index is 1.87. The van der Waals surface area contributed by atoms with Crippen molar-refractivity contribution in [1.82, 2.24) is 15.3 Å². The normalized spacial score (nSPS) is 18.9. The zero-order chi connectivity index (χ0) is 23.5. The van der Waals surface area contributed by atoms with E-state index in [9.17, 15) is 19.1 Å². The fourth-order valence-corrected chi connectivity index (χ4v) is 4.29. The number of nitrogens with one attached hydrogen (secondary N) is 1. The molecule has 2 aromatic carbocycles. The Bertz CT molecular complexity index is 1010. The molecule has 1 fully saturated rings. The van der Waals surface area contributed by atoms with E-state index in [4.69, 9.17) is 4.84 Å². The van der Waals surface area contributed by atoms with Crippen LogP contribution in [-0.4, -0.2) is 53.8 Å². The number of carboxylic acids is 1. The fraction of sp³-hybridized carbons (Fsp3) is 0.417. The number of aliphatic carboxylic acids is 1. The van der Waals surface area contributed by atoms with Crippen molar-refractivity contribution in [1.29, 1.82) is 0 Å². The van der Waals surface area contributed by atoms with Gasteiger partial charge in [-0.25, -0.2) is 9.18 Å². The minimum Gasteiger partial charge on any atom is -0.481 e. The number of nitrogens with zero attached hydrogens (tertiary/aromatic N) is 2. The first-order valence-electron chi connectivity index (χ1n) is 10.6. The van der Waals surface area contributed by atoms with Crippen molar-refractivity contribution in [3.05, 3.63) is 70.0 Å². The van der Waals surface area contributed by atoms with Crippen LogP contribution in [0.15, 0.2) is 36.4 Å². The number of aryl methyl sites for hydroxylation is 3. The highest BCUT2D eigenvalue weighted by atomic mass is 19.1. The first kappa shape index (κ1) is 23.7. The van der Waals surface area contributed by atoms with Crippen molar-refractivity contribution < 1.29 is 23.9 Å². The molecule has 0 bridgehead atoms. The Kier molecular flexibility index (Phi) is 7.16. The zero-order valence-corrected chi connectivity index (χ0v) is 18.9. The average molecular weight is 444 g/mol. The molecule has 1 amide bonds. The van der Waals surface area contributed by atoms with Crippen LogP contribution in [-0.2, 0) is 21.7 Å². The summed E-state index contributed by atoms with van der Waals surface area (Å²) in [6, 6.07) is 10.3. The maximum atomic E-state index is 13.7. The summed E-state index contributed by atoms with van der Waals surface area (Å²) >= 11 is 0. The van der Waals surface area contributed by atoms with Crippen LogP contribution in [0.5, 0.6) is 0 Å². The van der Waals surface area contributed by atoms with Crippen LogP contribution >= 0.6 is 0 Å². The smallest absolute Gasteiger partial charge is 0.429 e. The second kappa shape index (κ2) is 9.67. The minimum atomic E-state index is -1.15. The lowest BCUT2D eigenvalue weighted by Crippen LogP contribution is -2.61. The molecule has 7 nitrogen and oxygen atoms in total.